The molecule has 0 radical (unpaired) electrons. The van der Waals surface area contributed by atoms with Gasteiger partial charge in [-0.3, -0.25) is 9.48 Å². The van der Waals surface area contributed by atoms with E-state index >= 15 is 0 Å². The molecule has 1 saturated heterocycles. The van der Waals surface area contributed by atoms with Crippen molar-refractivity contribution in [1.29, 1.82) is 0 Å². The maximum atomic E-state index is 12.1. The highest BCUT2D eigenvalue weighted by atomic mass is 16.5. The Hall–Kier alpha value is -1.40. The zero-order chi connectivity index (χ0) is 13.2. The summed E-state index contributed by atoms with van der Waals surface area (Å²) in [6, 6.07) is 0. The lowest BCUT2D eigenvalue weighted by Gasteiger charge is -2.31. The maximum absolute atomic E-state index is 12.1. The number of nitrogens with zero attached hydrogens (tertiary/aromatic N) is 2. The van der Waals surface area contributed by atoms with E-state index in [0.29, 0.717) is 32.6 Å². The van der Waals surface area contributed by atoms with Gasteiger partial charge in [-0.2, -0.15) is 5.10 Å². The van der Waals surface area contributed by atoms with Crippen LogP contribution in [0.2, 0.25) is 0 Å². The van der Waals surface area contributed by atoms with Crippen molar-refractivity contribution in [3.63, 3.8) is 0 Å². The number of carbonyl (C=O) groups is 1. The third-order valence-corrected chi connectivity index (χ3v) is 3.39. The molecular weight excluding hydrogens is 232 g/mol. The van der Waals surface area contributed by atoms with Gasteiger partial charge in [-0.05, 0) is 19.8 Å². The normalized spacial score (nSPS) is 18.6. The van der Waals surface area contributed by atoms with E-state index in [1.54, 1.807) is 4.68 Å². The van der Waals surface area contributed by atoms with Crippen molar-refractivity contribution >= 4 is 5.91 Å². The minimum absolute atomic E-state index is 0.103. The van der Waals surface area contributed by atoms with Gasteiger partial charge in [0.2, 0.25) is 5.91 Å². The molecule has 6 heteroatoms. The van der Waals surface area contributed by atoms with Crippen LogP contribution in [0.15, 0.2) is 6.20 Å². The van der Waals surface area contributed by atoms with Gasteiger partial charge in [0, 0.05) is 38.6 Å². The highest BCUT2D eigenvalue weighted by molar-refractivity contribution is 5.86. The summed E-state index contributed by atoms with van der Waals surface area (Å²) in [6.07, 6.45) is 3.05. The number of nitrogens with two attached hydrogens (primary N) is 1. The third-order valence-electron chi connectivity index (χ3n) is 3.39. The average Bonchev–Trinajstić information content (AvgIpc) is 2.65. The smallest absolute Gasteiger partial charge is 0.240 e. The molecule has 2 rings (SSSR count). The molecule has 1 aliphatic heterocycles. The van der Waals surface area contributed by atoms with Gasteiger partial charge >= 0.3 is 0 Å². The van der Waals surface area contributed by atoms with Crippen LogP contribution in [0.3, 0.4) is 0 Å². The Kier molecular flexibility index (Phi) is 3.68. The molecule has 18 heavy (non-hydrogen) atoms. The fourth-order valence-corrected chi connectivity index (χ4v) is 2.14. The first-order valence-corrected chi connectivity index (χ1v) is 6.15. The zero-order valence-corrected chi connectivity index (χ0v) is 10.9. The first-order chi connectivity index (χ1) is 8.51. The molecule has 1 amide bonds. The highest BCUT2D eigenvalue weighted by Crippen LogP contribution is 2.18. The maximum Gasteiger partial charge on any atom is 0.240 e. The summed E-state index contributed by atoms with van der Waals surface area (Å²) in [6.45, 7) is 3.50. The molecule has 1 aromatic heterocycles. The van der Waals surface area contributed by atoms with Gasteiger partial charge in [-0.15, -0.1) is 0 Å². The van der Waals surface area contributed by atoms with Gasteiger partial charge in [0.15, 0.2) is 0 Å². The number of carbonyl (C=O) groups excluding carboxylic acids is 1. The second-order valence-electron chi connectivity index (χ2n) is 4.86. The van der Waals surface area contributed by atoms with E-state index in [2.05, 4.69) is 10.4 Å². The van der Waals surface area contributed by atoms with Crippen LogP contribution in [0, 0.1) is 6.92 Å². The Balaban J connectivity index is 1.93. The molecule has 0 atom stereocenters. The number of rotatable bonds is 3. The minimum Gasteiger partial charge on any atom is -0.381 e. The van der Waals surface area contributed by atoms with Crippen molar-refractivity contribution in [2.45, 2.75) is 31.8 Å². The Morgan fingerprint density at radius 1 is 1.61 bits per heavy atom. The van der Waals surface area contributed by atoms with Gasteiger partial charge in [-0.1, -0.05) is 0 Å². The van der Waals surface area contributed by atoms with Crippen molar-refractivity contribution in [2.24, 2.45) is 12.8 Å². The van der Waals surface area contributed by atoms with Crippen LogP contribution >= 0.6 is 0 Å². The second-order valence-corrected chi connectivity index (χ2v) is 4.86. The topological polar surface area (TPSA) is 82.2 Å². The number of hydrogen-bond acceptors (Lipinski definition) is 4. The van der Waals surface area contributed by atoms with Gasteiger partial charge in [0.25, 0.3) is 0 Å². The fraction of sp³-hybridized carbons (Fsp3) is 0.667. The molecule has 0 unspecified atom stereocenters. The van der Waals surface area contributed by atoms with Gasteiger partial charge in [0.1, 0.15) is 0 Å². The van der Waals surface area contributed by atoms with Crippen LogP contribution in [-0.2, 0) is 23.1 Å². The summed E-state index contributed by atoms with van der Waals surface area (Å²) in [5, 5.41) is 7.12. The van der Waals surface area contributed by atoms with Crippen LogP contribution in [0.1, 0.15) is 24.1 Å². The number of hydrogen-bond donors (Lipinski definition) is 2. The van der Waals surface area contributed by atoms with Crippen LogP contribution in [0.5, 0.6) is 0 Å². The standard InChI is InChI=1S/C12H20N4O2/c1-9-10(8-16(2)15-9)7-14-11(17)12(13)3-5-18-6-4-12/h8H,3-7,13H2,1-2H3,(H,14,17). The zero-order valence-electron chi connectivity index (χ0n) is 10.9. The quantitative estimate of drug-likeness (QED) is 0.784. The molecule has 1 aromatic rings. The van der Waals surface area contributed by atoms with E-state index in [1.807, 2.05) is 20.2 Å². The summed E-state index contributed by atoms with van der Waals surface area (Å²) >= 11 is 0. The van der Waals surface area contributed by atoms with E-state index in [-0.39, 0.29) is 5.91 Å². The van der Waals surface area contributed by atoms with Gasteiger partial charge in [0.05, 0.1) is 11.2 Å². The Morgan fingerprint density at radius 3 is 2.83 bits per heavy atom. The summed E-state index contributed by atoms with van der Waals surface area (Å²) in [7, 11) is 1.86. The van der Waals surface area contributed by atoms with Gasteiger partial charge in [-0.25, -0.2) is 0 Å². The average molecular weight is 252 g/mol. The van der Waals surface area contributed by atoms with Crippen molar-refractivity contribution in [1.82, 2.24) is 15.1 Å². The molecule has 0 aromatic carbocycles. The summed E-state index contributed by atoms with van der Waals surface area (Å²) in [5.74, 6) is -0.103. The Labute approximate surface area is 106 Å². The third kappa shape index (κ3) is 2.70. The van der Waals surface area contributed by atoms with Crippen LogP contribution in [-0.4, -0.2) is 34.4 Å². The Morgan fingerprint density at radius 2 is 2.28 bits per heavy atom. The number of aryl methyl sites for hydroxylation is 2. The monoisotopic (exact) mass is 252 g/mol. The van der Waals surface area contributed by atoms with E-state index in [9.17, 15) is 4.79 Å². The lowest BCUT2D eigenvalue weighted by molar-refractivity contribution is -0.129. The first-order valence-electron chi connectivity index (χ1n) is 6.15. The predicted octanol–water partition coefficient (Wildman–Crippen LogP) is -0.147. The number of ether oxygens (including phenoxy) is 1. The molecule has 1 fully saturated rings. The van der Waals surface area contributed by atoms with Crippen molar-refractivity contribution < 1.29 is 9.53 Å². The van der Waals surface area contributed by atoms with Crippen LogP contribution in [0.25, 0.3) is 0 Å². The summed E-state index contributed by atoms with van der Waals surface area (Å²) in [5.41, 5.74) is 7.26. The largest absolute Gasteiger partial charge is 0.381 e. The molecule has 0 bridgehead atoms. The molecule has 0 spiro atoms. The molecule has 100 valence electrons. The second kappa shape index (κ2) is 5.07. The van der Waals surface area contributed by atoms with E-state index < -0.39 is 5.54 Å². The van der Waals surface area contributed by atoms with E-state index in [4.69, 9.17) is 10.5 Å². The molecule has 2 heterocycles. The number of nitrogens with one attached hydrogen (secondary N) is 1. The molecular formula is C12H20N4O2. The van der Waals surface area contributed by atoms with Crippen molar-refractivity contribution in [3.8, 4) is 0 Å². The summed E-state index contributed by atoms with van der Waals surface area (Å²) < 4.78 is 6.97. The van der Waals surface area contributed by atoms with E-state index in [0.717, 1.165) is 11.3 Å². The summed E-state index contributed by atoms with van der Waals surface area (Å²) in [4.78, 5) is 12.1. The molecule has 1 aliphatic rings. The minimum atomic E-state index is -0.783. The lowest BCUT2D eigenvalue weighted by Crippen LogP contribution is -2.56. The highest BCUT2D eigenvalue weighted by Gasteiger charge is 2.35. The van der Waals surface area contributed by atoms with Crippen LogP contribution in [0.4, 0.5) is 0 Å². The van der Waals surface area contributed by atoms with E-state index in [1.165, 1.54) is 0 Å². The lowest BCUT2D eigenvalue weighted by atomic mass is 9.90. The SMILES string of the molecule is Cc1nn(C)cc1CNC(=O)C1(N)CCOCC1. The fourth-order valence-electron chi connectivity index (χ4n) is 2.14. The first kappa shape index (κ1) is 13.0. The number of amides is 1. The molecule has 0 saturated carbocycles. The molecule has 6 nitrogen and oxygen atoms in total. The Bertz CT molecular complexity index is 435. The van der Waals surface area contributed by atoms with Gasteiger partial charge < -0.3 is 15.8 Å². The predicted molar refractivity (Wildman–Crippen MR) is 66.8 cm³/mol. The van der Waals surface area contributed by atoms with Crippen LogP contribution < -0.4 is 11.1 Å². The molecule has 3 N–H and O–H groups in total. The van der Waals surface area contributed by atoms with Crippen molar-refractivity contribution in [2.75, 3.05) is 13.2 Å². The van der Waals surface area contributed by atoms with Crippen molar-refractivity contribution in [3.05, 3.63) is 17.5 Å². The number of aromatic nitrogens is 2. The molecule has 0 aliphatic carbocycles.